The maximum Gasteiger partial charge on any atom is 0.237 e. The molecule has 0 fully saturated rings. The molecule has 0 saturated carbocycles. The summed E-state index contributed by atoms with van der Waals surface area (Å²) < 4.78 is 14.8. The Morgan fingerprint density at radius 3 is 2.45 bits per heavy atom. The zero-order valence-corrected chi connectivity index (χ0v) is 17.7. The predicted octanol–water partition coefficient (Wildman–Crippen LogP) is 3.90. The van der Waals surface area contributed by atoms with Crippen molar-refractivity contribution >= 4 is 35.0 Å². The first-order valence-corrected chi connectivity index (χ1v) is 10.4. The van der Waals surface area contributed by atoms with Gasteiger partial charge in [0.15, 0.2) is 5.16 Å². The van der Waals surface area contributed by atoms with E-state index in [9.17, 15) is 14.0 Å². The zero-order valence-electron chi connectivity index (χ0n) is 16.9. The van der Waals surface area contributed by atoms with Crippen LogP contribution in [-0.4, -0.2) is 31.8 Å². The second kappa shape index (κ2) is 10.5. The highest BCUT2D eigenvalue weighted by atomic mass is 32.2. The van der Waals surface area contributed by atoms with Gasteiger partial charge in [-0.25, -0.2) is 4.39 Å². The Morgan fingerprint density at radius 2 is 1.77 bits per heavy atom. The lowest BCUT2D eigenvalue weighted by Gasteiger charge is -2.13. The maximum atomic E-state index is 13.0. The quantitative estimate of drug-likeness (QED) is 0.390. The molecule has 7 nitrogen and oxygen atoms in total. The number of nitrogens with zero attached hydrogens (tertiary/aromatic N) is 3. The number of para-hydroxylation sites is 1. The lowest BCUT2D eigenvalue weighted by Crippen LogP contribution is -2.23. The van der Waals surface area contributed by atoms with E-state index in [1.807, 2.05) is 30.3 Å². The number of aromatic nitrogens is 3. The van der Waals surface area contributed by atoms with Crippen LogP contribution in [-0.2, 0) is 22.6 Å². The second-order valence-corrected chi connectivity index (χ2v) is 7.95. The molecule has 2 amide bonds. The highest BCUT2D eigenvalue weighted by molar-refractivity contribution is 8.00. The van der Waals surface area contributed by atoms with Gasteiger partial charge in [0.25, 0.3) is 0 Å². The first-order valence-electron chi connectivity index (χ1n) is 9.57. The summed E-state index contributed by atoms with van der Waals surface area (Å²) in [7, 11) is 0. The van der Waals surface area contributed by atoms with Gasteiger partial charge in [0.1, 0.15) is 11.6 Å². The van der Waals surface area contributed by atoms with Gasteiger partial charge < -0.3 is 15.2 Å². The van der Waals surface area contributed by atoms with Gasteiger partial charge in [0, 0.05) is 17.9 Å². The number of anilines is 2. The molecule has 0 aliphatic carbocycles. The molecule has 0 saturated heterocycles. The number of carbonyl (C=O) groups is 2. The van der Waals surface area contributed by atoms with Gasteiger partial charge in [0.2, 0.25) is 11.8 Å². The first-order chi connectivity index (χ1) is 15.0. The number of carbonyl (C=O) groups excluding carboxylic acids is 2. The third-order valence-corrected chi connectivity index (χ3v) is 5.32. The minimum Gasteiger partial charge on any atom is -0.326 e. The summed E-state index contributed by atoms with van der Waals surface area (Å²) in [5, 5.41) is 13.9. The van der Waals surface area contributed by atoms with Crippen molar-refractivity contribution in [3.05, 3.63) is 78.9 Å². The minimum atomic E-state index is -0.436. The van der Waals surface area contributed by atoms with E-state index >= 15 is 0 Å². The van der Waals surface area contributed by atoms with Crippen molar-refractivity contribution in [2.45, 2.75) is 30.3 Å². The van der Waals surface area contributed by atoms with E-state index in [4.69, 9.17) is 0 Å². The summed E-state index contributed by atoms with van der Waals surface area (Å²) in [6, 6.07) is 14.7. The molecule has 9 heteroatoms. The molecular weight excluding hydrogens is 417 g/mol. The summed E-state index contributed by atoms with van der Waals surface area (Å²) in [6.07, 6.45) is 1.65. The lowest BCUT2D eigenvalue weighted by molar-refractivity contribution is -0.116. The van der Waals surface area contributed by atoms with Gasteiger partial charge in [-0.05, 0) is 43.3 Å². The molecule has 0 spiro atoms. The Morgan fingerprint density at radius 1 is 1.10 bits per heavy atom. The SMILES string of the molecule is C=CCn1c(CC(=O)Nc2ccc(F)cc2)nnc1SC(C)C(=O)Nc1ccccc1. The fourth-order valence-corrected chi connectivity index (χ4v) is 3.59. The van der Waals surface area contributed by atoms with Gasteiger partial charge in [-0.15, -0.1) is 16.8 Å². The van der Waals surface area contributed by atoms with Crippen molar-refractivity contribution in [2.24, 2.45) is 0 Å². The Kier molecular flexibility index (Phi) is 7.55. The van der Waals surface area contributed by atoms with Crippen LogP contribution in [0.2, 0.25) is 0 Å². The molecule has 2 N–H and O–H groups in total. The number of rotatable bonds is 9. The summed E-state index contributed by atoms with van der Waals surface area (Å²) >= 11 is 1.25. The van der Waals surface area contributed by atoms with Gasteiger partial charge in [-0.2, -0.15) is 0 Å². The van der Waals surface area contributed by atoms with Crippen LogP contribution >= 0.6 is 11.8 Å². The molecule has 1 unspecified atom stereocenters. The third-order valence-electron chi connectivity index (χ3n) is 4.24. The molecule has 0 aliphatic heterocycles. The van der Waals surface area contributed by atoms with Crippen molar-refractivity contribution in [1.29, 1.82) is 0 Å². The van der Waals surface area contributed by atoms with Gasteiger partial charge in [-0.1, -0.05) is 36.0 Å². The Bertz CT molecular complexity index is 1050. The summed E-state index contributed by atoms with van der Waals surface area (Å²) in [4.78, 5) is 24.9. The van der Waals surface area contributed by atoms with Crippen LogP contribution in [0.1, 0.15) is 12.7 Å². The summed E-state index contributed by atoms with van der Waals surface area (Å²) in [5.74, 6) is -0.413. The van der Waals surface area contributed by atoms with Crippen LogP contribution in [0.4, 0.5) is 15.8 Å². The molecular formula is C22H22FN5O2S. The Balaban J connectivity index is 1.66. The molecule has 3 rings (SSSR count). The highest BCUT2D eigenvalue weighted by Gasteiger charge is 2.21. The van der Waals surface area contributed by atoms with Crippen LogP contribution in [0, 0.1) is 5.82 Å². The standard InChI is InChI=1S/C22H22FN5O2S/c1-3-13-28-19(14-20(29)24-18-11-9-16(23)10-12-18)26-27-22(28)31-15(2)21(30)25-17-7-5-4-6-8-17/h3-12,15H,1,13-14H2,2H3,(H,24,29)(H,25,30). The van der Waals surface area contributed by atoms with E-state index in [1.165, 1.54) is 36.0 Å². The normalized spacial score (nSPS) is 11.5. The molecule has 1 atom stereocenters. The molecule has 0 aliphatic rings. The molecule has 2 aromatic carbocycles. The topological polar surface area (TPSA) is 88.9 Å². The number of nitrogens with one attached hydrogen (secondary N) is 2. The van der Waals surface area contributed by atoms with Crippen LogP contribution in [0.3, 0.4) is 0 Å². The minimum absolute atomic E-state index is 0.0244. The van der Waals surface area contributed by atoms with Gasteiger partial charge in [0.05, 0.1) is 11.7 Å². The van der Waals surface area contributed by atoms with Crippen molar-refractivity contribution in [3.63, 3.8) is 0 Å². The number of hydrogen-bond acceptors (Lipinski definition) is 5. The fraction of sp³-hybridized carbons (Fsp3) is 0.182. The number of allylic oxidation sites excluding steroid dienone is 1. The maximum absolute atomic E-state index is 13.0. The molecule has 0 radical (unpaired) electrons. The van der Waals surface area contributed by atoms with Crippen LogP contribution in [0.15, 0.2) is 72.4 Å². The first kappa shape index (κ1) is 22.2. The average molecular weight is 440 g/mol. The second-order valence-electron chi connectivity index (χ2n) is 6.65. The van der Waals surface area contributed by atoms with Crippen molar-refractivity contribution in [1.82, 2.24) is 14.8 Å². The van der Waals surface area contributed by atoms with E-state index in [2.05, 4.69) is 27.4 Å². The van der Waals surface area contributed by atoms with Crippen LogP contribution < -0.4 is 10.6 Å². The average Bonchev–Trinajstić information content (AvgIpc) is 3.11. The summed E-state index contributed by atoms with van der Waals surface area (Å²) in [6.45, 7) is 5.91. The smallest absolute Gasteiger partial charge is 0.237 e. The zero-order chi connectivity index (χ0) is 22.2. The van der Waals surface area contributed by atoms with E-state index in [-0.39, 0.29) is 24.1 Å². The van der Waals surface area contributed by atoms with E-state index in [0.717, 1.165) is 0 Å². The molecule has 160 valence electrons. The van der Waals surface area contributed by atoms with Crippen LogP contribution in [0.5, 0.6) is 0 Å². The van der Waals surface area contributed by atoms with E-state index in [0.29, 0.717) is 28.9 Å². The Labute approximate surface area is 183 Å². The Hall–Kier alpha value is -3.46. The predicted molar refractivity (Wildman–Crippen MR) is 119 cm³/mol. The molecule has 1 aromatic heterocycles. The van der Waals surface area contributed by atoms with Gasteiger partial charge >= 0.3 is 0 Å². The molecule has 3 aromatic rings. The van der Waals surface area contributed by atoms with E-state index in [1.54, 1.807) is 17.6 Å². The van der Waals surface area contributed by atoms with Crippen molar-refractivity contribution in [3.8, 4) is 0 Å². The number of benzene rings is 2. The number of halogens is 1. The van der Waals surface area contributed by atoms with Crippen molar-refractivity contribution < 1.29 is 14.0 Å². The highest BCUT2D eigenvalue weighted by Crippen LogP contribution is 2.24. The summed E-state index contributed by atoms with van der Waals surface area (Å²) in [5.41, 5.74) is 1.20. The van der Waals surface area contributed by atoms with Crippen LogP contribution in [0.25, 0.3) is 0 Å². The number of hydrogen-bond donors (Lipinski definition) is 2. The van der Waals surface area contributed by atoms with Gasteiger partial charge in [-0.3, -0.25) is 9.59 Å². The van der Waals surface area contributed by atoms with E-state index < -0.39 is 5.25 Å². The third kappa shape index (κ3) is 6.26. The molecule has 1 heterocycles. The largest absolute Gasteiger partial charge is 0.326 e. The lowest BCUT2D eigenvalue weighted by atomic mass is 10.3. The number of thioether (sulfide) groups is 1. The molecule has 31 heavy (non-hydrogen) atoms. The monoisotopic (exact) mass is 439 g/mol. The fourth-order valence-electron chi connectivity index (χ4n) is 2.71. The molecule has 0 bridgehead atoms. The number of amides is 2. The van der Waals surface area contributed by atoms with Crippen molar-refractivity contribution in [2.75, 3.05) is 10.6 Å².